The van der Waals surface area contributed by atoms with Crippen LogP contribution in [0.2, 0.25) is 0 Å². The molecule has 0 saturated heterocycles. The van der Waals surface area contributed by atoms with E-state index in [1.54, 1.807) is 0 Å². The van der Waals surface area contributed by atoms with E-state index in [1.165, 1.54) is 71.6 Å². The van der Waals surface area contributed by atoms with Crippen LogP contribution in [0.4, 0.5) is 0 Å². The molecule has 0 aliphatic heterocycles. The molecule has 0 radical (unpaired) electrons. The molecule has 41 heavy (non-hydrogen) atoms. The number of rotatable bonds is 2. The van der Waals surface area contributed by atoms with Crippen LogP contribution in [0, 0.1) is 0 Å². The molecular formula is C38H27N3. The summed E-state index contributed by atoms with van der Waals surface area (Å²) in [5.74, 6) is 0. The molecule has 0 unspecified atom stereocenters. The highest BCUT2D eigenvalue weighted by molar-refractivity contribution is 6.30. The van der Waals surface area contributed by atoms with Crippen molar-refractivity contribution in [2.75, 3.05) is 0 Å². The van der Waals surface area contributed by atoms with E-state index >= 15 is 0 Å². The number of hydrogen-bond acceptors (Lipinski definition) is 1. The lowest BCUT2D eigenvalue weighted by Gasteiger charge is -2.23. The molecule has 8 aromatic rings. The van der Waals surface area contributed by atoms with Gasteiger partial charge in [-0.1, -0.05) is 92.7 Å². The molecule has 0 amide bonds. The highest BCUT2D eigenvalue weighted by Gasteiger charge is 2.41. The van der Waals surface area contributed by atoms with E-state index < -0.39 is 0 Å². The molecule has 3 aromatic heterocycles. The number of fused-ring (bicyclic) bond motifs is 12. The van der Waals surface area contributed by atoms with Gasteiger partial charge >= 0.3 is 0 Å². The van der Waals surface area contributed by atoms with Gasteiger partial charge < -0.3 is 9.13 Å². The van der Waals surface area contributed by atoms with Crippen molar-refractivity contribution in [1.82, 2.24) is 14.1 Å². The number of benzene rings is 5. The number of aromatic nitrogens is 3. The Labute approximate surface area is 237 Å². The van der Waals surface area contributed by atoms with Crippen molar-refractivity contribution < 1.29 is 0 Å². The van der Waals surface area contributed by atoms with Gasteiger partial charge in [-0.25, -0.2) is 0 Å². The normalized spacial score (nSPS) is 13.8. The summed E-state index contributed by atoms with van der Waals surface area (Å²) >= 11 is 0. The second kappa shape index (κ2) is 7.96. The lowest BCUT2D eigenvalue weighted by molar-refractivity contribution is 0.667. The number of para-hydroxylation sites is 3. The van der Waals surface area contributed by atoms with E-state index in [0.29, 0.717) is 0 Å². The van der Waals surface area contributed by atoms with Crippen LogP contribution in [0.1, 0.15) is 25.0 Å². The molecular weight excluding hydrogens is 498 g/mol. The minimum Gasteiger partial charge on any atom is -0.307 e. The van der Waals surface area contributed by atoms with Crippen molar-refractivity contribution in [3.05, 3.63) is 139 Å². The molecule has 0 spiro atoms. The average Bonchev–Trinajstić information content (AvgIpc) is 3.62. The van der Waals surface area contributed by atoms with Gasteiger partial charge in [0, 0.05) is 50.7 Å². The third kappa shape index (κ3) is 2.80. The molecule has 0 saturated carbocycles. The molecule has 3 heteroatoms. The molecule has 1 aliphatic carbocycles. The zero-order valence-corrected chi connectivity index (χ0v) is 23.0. The fourth-order valence-electron chi connectivity index (χ4n) is 7.57. The van der Waals surface area contributed by atoms with Crippen molar-refractivity contribution in [2.45, 2.75) is 19.3 Å². The van der Waals surface area contributed by atoms with Crippen molar-refractivity contribution in [1.29, 1.82) is 0 Å². The summed E-state index contributed by atoms with van der Waals surface area (Å²) in [6.45, 7) is 4.80. The van der Waals surface area contributed by atoms with Gasteiger partial charge in [-0.15, -0.1) is 0 Å². The maximum atomic E-state index is 4.37. The van der Waals surface area contributed by atoms with Gasteiger partial charge in [0.2, 0.25) is 0 Å². The Balaban J connectivity index is 1.68. The molecule has 3 nitrogen and oxygen atoms in total. The van der Waals surface area contributed by atoms with Gasteiger partial charge in [0.15, 0.2) is 0 Å². The summed E-state index contributed by atoms with van der Waals surface area (Å²) in [4.78, 5) is 4.37. The van der Waals surface area contributed by atoms with Crippen LogP contribution >= 0.6 is 0 Å². The first kappa shape index (κ1) is 22.6. The zero-order valence-electron chi connectivity index (χ0n) is 23.0. The standard InChI is InChI=1S/C38H27N3/c1-38(2)29-17-9-6-14-26(29)32-33-27-15-7-10-18-30(27)41(25-20-22-39-23-21-25)36(33)37-34(35(32)38)28-16-8-11-19-31(28)40(37)24-12-4-3-5-13-24/h3-23H,1-2H3. The van der Waals surface area contributed by atoms with Crippen LogP contribution in [-0.4, -0.2) is 14.1 Å². The topological polar surface area (TPSA) is 22.8 Å². The van der Waals surface area contributed by atoms with Crippen LogP contribution in [-0.2, 0) is 5.41 Å². The van der Waals surface area contributed by atoms with E-state index in [1.807, 2.05) is 12.4 Å². The molecule has 0 atom stereocenters. The number of hydrogen-bond donors (Lipinski definition) is 0. The van der Waals surface area contributed by atoms with Gasteiger partial charge in [-0.2, -0.15) is 0 Å². The maximum Gasteiger partial charge on any atom is 0.0795 e. The van der Waals surface area contributed by atoms with Gasteiger partial charge in [-0.3, -0.25) is 4.98 Å². The van der Waals surface area contributed by atoms with E-state index in [0.717, 1.165) is 5.69 Å². The van der Waals surface area contributed by atoms with Crippen LogP contribution < -0.4 is 0 Å². The van der Waals surface area contributed by atoms with E-state index in [9.17, 15) is 0 Å². The molecule has 0 bridgehead atoms. The Bertz CT molecular complexity index is 2320. The summed E-state index contributed by atoms with van der Waals surface area (Å²) in [6, 6.07) is 41.9. The quantitative estimate of drug-likeness (QED) is 0.220. The van der Waals surface area contributed by atoms with Crippen LogP contribution in [0.15, 0.2) is 128 Å². The Kier molecular flexibility index (Phi) is 4.39. The van der Waals surface area contributed by atoms with Crippen molar-refractivity contribution >= 4 is 43.6 Å². The number of nitrogens with zero attached hydrogens (tertiary/aromatic N) is 3. The van der Waals surface area contributed by atoms with Gasteiger partial charge in [0.1, 0.15) is 0 Å². The Morgan fingerprint density at radius 2 is 1.07 bits per heavy atom. The lowest BCUT2D eigenvalue weighted by Crippen LogP contribution is -2.15. The fourth-order valence-corrected chi connectivity index (χ4v) is 7.57. The monoisotopic (exact) mass is 525 g/mol. The van der Waals surface area contributed by atoms with Gasteiger partial charge in [0.25, 0.3) is 0 Å². The SMILES string of the molecule is CC1(C)c2ccccc2-c2c1c1c3ccccc3n(-c3ccccc3)c1c1c2c2ccccc2n1-c1ccncc1. The van der Waals surface area contributed by atoms with E-state index in [4.69, 9.17) is 0 Å². The minimum absolute atomic E-state index is 0.163. The van der Waals surface area contributed by atoms with Crippen LogP contribution in [0.25, 0.3) is 66.1 Å². The molecule has 194 valence electrons. The third-order valence-corrected chi connectivity index (χ3v) is 9.15. The Morgan fingerprint density at radius 1 is 0.537 bits per heavy atom. The molecule has 5 aromatic carbocycles. The average molecular weight is 526 g/mol. The molecule has 3 heterocycles. The van der Waals surface area contributed by atoms with Crippen molar-refractivity contribution in [3.63, 3.8) is 0 Å². The second-order valence-corrected chi connectivity index (χ2v) is 11.6. The predicted octanol–water partition coefficient (Wildman–Crippen LogP) is 9.58. The van der Waals surface area contributed by atoms with E-state index in [2.05, 4.69) is 143 Å². The molecule has 0 fully saturated rings. The first-order chi connectivity index (χ1) is 20.2. The van der Waals surface area contributed by atoms with Crippen molar-refractivity contribution in [2.24, 2.45) is 0 Å². The Morgan fingerprint density at radius 3 is 1.78 bits per heavy atom. The highest BCUT2D eigenvalue weighted by atomic mass is 15.0. The first-order valence-electron chi connectivity index (χ1n) is 14.2. The van der Waals surface area contributed by atoms with Crippen molar-refractivity contribution in [3.8, 4) is 22.5 Å². The minimum atomic E-state index is -0.163. The van der Waals surface area contributed by atoms with Gasteiger partial charge in [0.05, 0.1) is 22.1 Å². The highest BCUT2D eigenvalue weighted by Crippen LogP contribution is 2.58. The summed E-state index contributed by atoms with van der Waals surface area (Å²) in [6.07, 6.45) is 3.79. The second-order valence-electron chi connectivity index (χ2n) is 11.6. The summed E-state index contributed by atoms with van der Waals surface area (Å²) in [7, 11) is 0. The molecule has 1 aliphatic rings. The molecule has 0 N–H and O–H groups in total. The maximum absolute atomic E-state index is 4.37. The predicted molar refractivity (Wildman–Crippen MR) is 170 cm³/mol. The fraction of sp³-hybridized carbons (Fsp3) is 0.0789. The lowest BCUT2D eigenvalue weighted by atomic mass is 9.80. The molecule has 9 rings (SSSR count). The van der Waals surface area contributed by atoms with Crippen LogP contribution in [0.3, 0.4) is 0 Å². The Hall–Kier alpha value is -5.15. The summed E-state index contributed by atoms with van der Waals surface area (Å²) in [5, 5.41) is 5.22. The van der Waals surface area contributed by atoms with Gasteiger partial charge in [-0.05, 0) is 58.7 Å². The largest absolute Gasteiger partial charge is 0.307 e. The number of pyridine rings is 1. The summed E-state index contributed by atoms with van der Waals surface area (Å²) in [5.41, 5.74) is 12.6. The third-order valence-electron chi connectivity index (χ3n) is 9.15. The summed E-state index contributed by atoms with van der Waals surface area (Å²) < 4.78 is 4.95. The smallest absolute Gasteiger partial charge is 0.0795 e. The van der Waals surface area contributed by atoms with Crippen LogP contribution in [0.5, 0.6) is 0 Å². The zero-order chi connectivity index (χ0) is 27.3. The van der Waals surface area contributed by atoms with E-state index in [-0.39, 0.29) is 5.41 Å². The first-order valence-corrected chi connectivity index (χ1v) is 14.2.